The number of aryl methyl sites for hydroxylation is 1. The molecule has 0 spiro atoms. The van der Waals surface area contributed by atoms with Gasteiger partial charge in [0.05, 0.1) is 0 Å². The number of sulfonamides is 1. The third-order valence-corrected chi connectivity index (χ3v) is 3.70. The van der Waals surface area contributed by atoms with Crippen molar-refractivity contribution in [3.8, 4) is 0 Å². The van der Waals surface area contributed by atoms with Crippen molar-refractivity contribution in [1.82, 2.24) is 9.47 Å². The van der Waals surface area contributed by atoms with E-state index in [9.17, 15) is 13.2 Å². The predicted molar refractivity (Wildman–Crippen MR) is 77.9 cm³/mol. The fraction of sp³-hybridized carbons (Fsp3) is 0.615. The highest BCUT2D eigenvalue weighted by atomic mass is 32.2. The molecule has 0 unspecified atom stereocenters. The molecule has 0 bridgehead atoms. The quantitative estimate of drug-likeness (QED) is 0.909. The van der Waals surface area contributed by atoms with E-state index < -0.39 is 10.0 Å². The van der Waals surface area contributed by atoms with E-state index in [1.54, 1.807) is 16.5 Å². The molecule has 1 aromatic rings. The fourth-order valence-corrected chi connectivity index (χ4v) is 2.61. The van der Waals surface area contributed by atoms with E-state index in [0.717, 1.165) is 0 Å². The van der Waals surface area contributed by atoms with Crippen LogP contribution in [-0.2, 0) is 16.6 Å². The van der Waals surface area contributed by atoms with Crippen molar-refractivity contribution < 1.29 is 13.2 Å². The van der Waals surface area contributed by atoms with Crippen molar-refractivity contribution in [2.24, 2.45) is 10.6 Å². The average molecular weight is 301 g/mol. The number of nitrogens with zero attached hydrogens (tertiary/aromatic N) is 2. The first-order valence-corrected chi connectivity index (χ1v) is 7.99. The standard InChI is InChI=1S/C13H23N3O3S/c1-6-16-8-10(20(14,18)19)7-11(16)12(17)15(5)9-13(2,3)4/h7-8H,6,9H2,1-5H3,(H2,14,18,19). The number of hydrogen-bond donors (Lipinski definition) is 1. The molecule has 0 atom stereocenters. The number of aromatic nitrogens is 1. The average Bonchev–Trinajstić information content (AvgIpc) is 2.68. The van der Waals surface area contributed by atoms with Crippen LogP contribution in [0.2, 0.25) is 0 Å². The second-order valence-corrected chi connectivity index (χ2v) is 7.68. The Bertz CT molecular complexity index is 597. The maximum absolute atomic E-state index is 12.4. The molecular formula is C13H23N3O3S. The first kappa shape index (κ1) is 16.7. The molecular weight excluding hydrogens is 278 g/mol. The summed E-state index contributed by atoms with van der Waals surface area (Å²) < 4.78 is 24.3. The lowest BCUT2D eigenvalue weighted by Crippen LogP contribution is -2.35. The molecule has 0 aliphatic rings. The zero-order valence-corrected chi connectivity index (χ0v) is 13.5. The molecule has 7 heteroatoms. The van der Waals surface area contributed by atoms with Crippen molar-refractivity contribution >= 4 is 15.9 Å². The minimum atomic E-state index is -3.80. The summed E-state index contributed by atoms with van der Waals surface area (Å²) in [6.45, 7) is 9.01. The summed E-state index contributed by atoms with van der Waals surface area (Å²) in [4.78, 5) is 14.0. The maximum Gasteiger partial charge on any atom is 0.270 e. The molecule has 0 radical (unpaired) electrons. The molecule has 0 aliphatic carbocycles. The van der Waals surface area contributed by atoms with Crippen LogP contribution < -0.4 is 5.14 Å². The molecule has 1 rings (SSSR count). The molecule has 114 valence electrons. The number of hydrogen-bond acceptors (Lipinski definition) is 3. The van der Waals surface area contributed by atoms with Gasteiger partial charge >= 0.3 is 0 Å². The largest absolute Gasteiger partial charge is 0.342 e. The first-order chi connectivity index (χ1) is 8.95. The smallest absolute Gasteiger partial charge is 0.270 e. The summed E-state index contributed by atoms with van der Waals surface area (Å²) in [5.41, 5.74) is 0.305. The van der Waals surface area contributed by atoms with Gasteiger partial charge in [-0.15, -0.1) is 0 Å². The number of rotatable bonds is 4. The Kier molecular flexibility index (Phi) is 4.66. The number of carbonyl (C=O) groups excluding carboxylic acids is 1. The molecule has 2 N–H and O–H groups in total. The third-order valence-electron chi connectivity index (χ3n) is 2.82. The van der Waals surface area contributed by atoms with Crippen molar-refractivity contribution in [1.29, 1.82) is 0 Å². The summed E-state index contributed by atoms with van der Waals surface area (Å²) in [7, 11) is -2.09. The van der Waals surface area contributed by atoms with Crippen LogP contribution in [0.15, 0.2) is 17.2 Å². The Morgan fingerprint density at radius 3 is 2.35 bits per heavy atom. The Balaban J connectivity index is 3.13. The van der Waals surface area contributed by atoms with E-state index in [1.165, 1.54) is 12.3 Å². The van der Waals surface area contributed by atoms with Crippen molar-refractivity contribution in [2.45, 2.75) is 39.1 Å². The van der Waals surface area contributed by atoms with E-state index in [4.69, 9.17) is 5.14 Å². The lowest BCUT2D eigenvalue weighted by Gasteiger charge is -2.26. The van der Waals surface area contributed by atoms with Crippen LogP contribution in [0.4, 0.5) is 0 Å². The molecule has 0 fully saturated rings. The second-order valence-electron chi connectivity index (χ2n) is 6.11. The SMILES string of the molecule is CCn1cc(S(N)(=O)=O)cc1C(=O)N(C)CC(C)(C)C. The van der Waals surface area contributed by atoms with Crippen LogP contribution in [0.3, 0.4) is 0 Å². The summed E-state index contributed by atoms with van der Waals surface area (Å²) in [6.07, 6.45) is 1.40. The Morgan fingerprint density at radius 2 is 1.95 bits per heavy atom. The third kappa shape index (κ3) is 4.08. The molecule has 6 nitrogen and oxygen atoms in total. The van der Waals surface area contributed by atoms with Crippen molar-refractivity contribution in [2.75, 3.05) is 13.6 Å². The van der Waals surface area contributed by atoms with Crippen LogP contribution in [0.5, 0.6) is 0 Å². The monoisotopic (exact) mass is 301 g/mol. The van der Waals surface area contributed by atoms with E-state index in [-0.39, 0.29) is 16.2 Å². The Hall–Kier alpha value is -1.34. The maximum atomic E-state index is 12.4. The summed E-state index contributed by atoms with van der Waals surface area (Å²) in [5, 5.41) is 5.11. The molecule has 1 aromatic heterocycles. The van der Waals surface area contributed by atoms with Gasteiger partial charge < -0.3 is 9.47 Å². The van der Waals surface area contributed by atoms with E-state index in [1.807, 2.05) is 27.7 Å². The minimum absolute atomic E-state index is 0.0309. The molecule has 0 saturated heterocycles. The van der Waals surface area contributed by atoms with Gasteiger partial charge in [-0.1, -0.05) is 20.8 Å². The Morgan fingerprint density at radius 1 is 1.40 bits per heavy atom. The highest BCUT2D eigenvalue weighted by Gasteiger charge is 2.23. The van der Waals surface area contributed by atoms with Gasteiger partial charge in [-0.3, -0.25) is 4.79 Å². The zero-order chi connectivity index (χ0) is 15.7. The fourth-order valence-electron chi connectivity index (χ4n) is 2.06. The van der Waals surface area contributed by atoms with Gasteiger partial charge in [-0.2, -0.15) is 0 Å². The van der Waals surface area contributed by atoms with Crippen LogP contribution in [0, 0.1) is 5.41 Å². The van der Waals surface area contributed by atoms with E-state index >= 15 is 0 Å². The summed E-state index contributed by atoms with van der Waals surface area (Å²) in [5.74, 6) is -0.211. The molecule has 0 aromatic carbocycles. The van der Waals surface area contributed by atoms with E-state index in [2.05, 4.69) is 0 Å². The molecule has 0 saturated carbocycles. The number of amides is 1. The lowest BCUT2D eigenvalue weighted by atomic mass is 9.96. The van der Waals surface area contributed by atoms with Crippen LogP contribution in [0.1, 0.15) is 38.2 Å². The molecule has 20 heavy (non-hydrogen) atoms. The number of carbonyl (C=O) groups is 1. The van der Waals surface area contributed by atoms with Gasteiger partial charge in [0, 0.05) is 26.3 Å². The second kappa shape index (κ2) is 5.57. The van der Waals surface area contributed by atoms with Gasteiger partial charge in [-0.05, 0) is 18.4 Å². The molecule has 0 aliphatic heterocycles. The lowest BCUT2D eigenvalue weighted by molar-refractivity contribution is 0.0735. The van der Waals surface area contributed by atoms with Gasteiger partial charge in [0.2, 0.25) is 10.0 Å². The Labute approximate surface area is 120 Å². The van der Waals surface area contributed by atoms with Crippen molar-refractivity contribution in [3.05, 3.63) is 18.0 Å². The molecule has 1 heterocycles. The van der Waals surface area contributed by atoms with E-state index in [0.29, 0.717) is 18.8 Å². The normalized spacial score (nSPS) is 12.5. The van der Waals surface area contributed by atoms with Gasteiger partial charge in [0.1, 0.15) is 10.6 Å². The molecule has 1 amide bonds. The van der Waals surface area contributed by atoms with Crippen LogP contribution in [0.25, 0.3) is 0 Å². The minimum Gasteiger partial charge on any atom is -0.342 e. The predicted octanol–water partition coefficient (Wildman–Crippen LogP) is 1.27. The highest BCUT2D eigenvalue weighted by Crippen LogP contribution is 2.18. The summed E-state index contributed by atoms with van der Waals surface area (Å²) in [6, 6.07) is 1.33. The topological polar surface area (TPSA) is 85.4 Å². The first-order valence-electron chi connectivity index (χ1n) is 6.44. The highest BCUT2D eigenvalue weighted by molar-refractivity contribution is 7.89. The number of primary sulfonamides is 1. The van der Waals surface area contributed by atoms with Gasteiger partial charge in [-0.25, -0.2) is 13.6 Å². The van der Waals surface area contributed by atoms with Gasteiger partial charge in [0.15, 0.2) is 0 Å². The van der Waals surface area contributed by atoms with Crippen molar-refractivity contribution in [3.63, 3.8) is 0 Å². The zero-order valence-electron chi connectivity index (χ0n) is 12.7. The number of nitrogens with two attached hydrogens (primary N) is 1. The summed E-state index contributed by atoms with van der Waals surface area (Å²) >= 11 is 0. The van der Waals surface area contributed by atoms with Crippen LogP contribution >= 0.6 is 0 Å². The van der Waals surface area contributed by atoms with Crippen LogP contribution in [-0.4, -0.2) is 37.4 Å². The van der Waals surface area contributed by atoms with Gasteiger partial charge in [0.25, 0.3) is 5.91 Å².